The third-order valence-corrected chi connectivity index (χ3v) is 2.96. The van der Waals surface area contributed by atoms with Crippen LogP contribution in [0, 0.1) is 17.2 Å². The highest BCUT2D eigenvalue weighted by Crippen LogP contribution is 2.25. The second kappa shape index (κ2) is 4.64. The van der Waals surface area contributed by atoms with Gasteiger partial charge in [-0.2, -0.15) is 0 Å². The normalized spacial score (nSPS) is 18.2. The molecule has 1 rings (SSSR count). The van der Waals surface area contributed by atoms with E-state index < -0.39 is 0 Å². The van der Waals surface area contributed by atoms with Crippen molar-refractivity contribution in [1.29, 1.82) is 5.41 Å². The van der Waals surface area contributed by atoms with Gasteiger partial charge in [0.15, 0.2) is 0 Å². The Balaban J connectivity index is 2.31. The van der Waals surface area contributed by atoms with E-state index in [1.165, 1.54) is 25.7 Å². The van der Waals surface area contributed by atoms with E-state index in [9.17, 15) is 0 Å². The molecule has 1 saturated carbocycles. The molecule has 0 spiro atoms. The van der Waals surface area contributed by atoms with Gasteiger partial charge in [0.2, 0.25) is 0 Å². The minimum absolute atomic E-state index is 0.367. The lowest BCUT2D eigenvalue weighted by Crippen LogP contribution is -2.33. The first-order chi connectivity index (χ1) is 6.11. The molecule has 1 N–H and O–H groups in total. The van der Waals surface area contributed by atoms with E-state index >= 15 is 0 Å². The summed E-state index contributed by atoms with van der Waals surface area (Å²) in [7, 11) is 2.06. The van der Waals surface area contributed by atoms with Crippen LogP contribution in [0.15, 0.2) is 0 Å². The molecular weight excluding hydrogens is 160 g/mol. The van der Waals surface area contributed by atoms with Crippen molar-refractivity contribution in [3.63, 3.8) is 0 Å². The molecule has 0 aromatic heterocycles. The van der Waals surface area contributed by atoms with Gasteiger partial charge in [-0.25, -0.2) is 0 Å². The van der Waals surface area contributed by atoms with Crippen LogP contribution in [0.2, 0.25) is 0 Å². The van der Waals surface area contributed by atoms with E-state index in [-0.39, 0.29) is 0 Å². The van der Waals surface area contributed by atoms with Crippen molar-refractivity contribution in [2.45, 2.75) is 39.5 Å². The topological polar surface area (TPSA) is 27.1 Å². The van der Waals surface area contributed by atoms with Gasteiger partial charge in [0.05, 0.1) is 5.84 Å². The van der Waals surface area contributed by atoms with Crippen LogP contribution in [0.3, 0.4) is 0 Å². The van der Waals surface area contributed by atoms with Crippen LogP contribution in [0.25, 0.3) is 0 Å². The third kappa shape index (κ3) is 3.02. The zero-order chi connectivity index (χ0) is 9.84. The molecule has 2 heteroatoms. The van der Waals surface area contributed by atoms with Gasteiger partial charge in [0, 0.05) is 19.5 Å². The van der Waals surface area contributed by atoms with Gasteiger partial charge in [-0.1, -0.05) is 26.7 Å². The lowest BCUT2D eigenvalue weighted by Gasteiger charge is -2.25. The Labute approximate surface area is 81.8 Å². The van der Waals surface area contributed by atoms with Gasteiger partial charge >= 0.3 is 0 Å². The molecule has 0 bridgehead atoms. The molecule has 13 heavy (non-hydrogen) atoms. The monoisotopic (exact) mass is 182 g/mol. The molecule has 0 amide bonds. The Morgan fingerprint density at radius 1 is 1.38 bits per heavy atom. The molecule has 0 atom stereocenters. The number of amidine groups is 1. The standard InChI is InChI=1S/C11H22N2/c1-9(2)11(12)13(3)8-10-6-4-5-7-10/h9-10,12H,4-8H2,1-3H3. The maximum atomic E-state index is 7.84. The second-order valence-electron chi connectivity index (χ2n) is 4.57. The smallest absolute Gasteiger partial charge is 0.0981 e. The molecule has 76 valence electrons. The first-order valence-electron chi connectivity index (χ1n) is 5.41. The predicted molar refractivity (Wildman–Crippen MR) is 57.2 cm³/mol. The van der Waals surface area contributed by atoms with Crippen molar-refractivity contribution in [1.82, 2.24) is 4.90 Å². The predicted octanol–water partition coefficient (Wildman–Crippen LogP) is 2.74. The first-order valence-corrected chi connectivity index (χ1v) is 5.41. The number of nitrogens with zero attached hydrogens (tertiary/aromatic N) is 1. The first kappa shape index (κ1) is 10.6. The van der Waals surface area contributed by atoms with Crippen LogP contribution >= 0.6 is 0 Å². The highest BCUT2D eigenvalue weighted by atomic mass is 15.1. The summed E-state index contributed by atoms with van der Waals surface area (Å²) in [5.41, 5.74) is 0. The summed E-state index contributed by atoms with van der Waals surface area (Å²) in [5.74, 6) is 2.00. The molecule has 1 fully saturated rings. The van der Waals surface area contributed by atoms with Crippen LogP contribution < -0.4 is 0 Å². The van der Waals surface area contributed by atoms with Gasteiger partial charge in [0.1, 0.15) is 0 Å². The van der Waals surface area contributed by atoms with E-state index in [0.29, 0.717) is 5.92 Å². The van der Waals surface area contributed by atoms with Gasteiger partial charge in [-0.3, -0.25) is 5.41 Å². The minimum Gasteiger partial charge on any atom is -0.363 e. The molecule has 0 aromatic carbocycles. The lowest BCUT2D eigenvalue weighted by atomic mass is 10.1. The number of rotatable bonds is 3. The molecule has 0 saturated heterocycles. The SMILES string of the molecule is CC(C)C(=N)N(C)CC1CCCC1. The Hall–Kier alpha value is -0.530. The van der Waals surface area contributed by atoms with E-state index in [1.807, 2.05) is 0 Å². The zero-order valence-corrected chi connectivity index (χ0v) is 9.14. The van der Waals surface area contributed by atoms with E-state index in [4.69, 9.17) is 5.41 Å². The highest BCUT2D eigenvalue weighted by Gasteiger charge is 2.18. The summed E-state index contributed by atoms with van der Waals surface area (Å²) >= 11 is 0. The Morgan fingerprint density at radius 2 is 1.92 bits per heavy atom. The fraction of sp³-hybridized carbons (Fsp3) is 0.909. The number of hydrogen-bond donors (Lipinski definition) is 1. The Morgan fingerprint density at radius 3 is 2.38 bits per heavy atom. The number of nitrogens with one attached hydrogen (secondary N) is 1. The van der Waals surface area contributed by atoms with Crippen LogP contribution in [0.1, 0.15) is 39.5 Å². The van der Waals surface area contributed by atoms with Gasteiger partial charge in [-0.05, 0) is 18.8 Å². The van der Waals surface area contributed by atoms with E-state index in [2.05, 4.69) is 25.8 Å². The average molecular weight is 182 g/mol. The summed E-state index contributed by atoms with van der Waals surface area (Å²) in [6.07, 6.45) is 5.53. The van der Waals surface area contributed by atoms with Crippen molar-refractivity contribution >= 4 is 5.84 Å². The molecule has 0 aliphatic heterocycles. The third-order valence-electron chi connectivity index (χ3n) is 2.96. The van der Waals surface area contributed by atoms with Crippen molar-refractivity contribution in [3.05, 3.63) is 0 Å². The second-order valence-corrected chi connectivity index (χ2v) is 4.57. The summed E-state index contributed by atoms with van der Waals surface area (Å²) < 4.78 is 0. The molecule has 0 aromatic rings. The van der Waals surface area contributed by atoms with Gasteiger partial charge < -0.3 is 4.90 Å². The Kier molecular flexibility index (Phi) is 3.76. The quantitative estimate of drug-likeness (QED) is 0.527. The molecule has 0 radical (unpaired) electrons. The van der Waals surface area contributed by atoms with E-state index in [0.717, 1.165) is 18.3 Å². The minimum atomic E-state index is 0.367. The summed E-state index contributed by atoms with van der Waals surface area (Å²) in [4.78, 5) is 2.13. The van der Waals surface area contributed by atoms with Gasteiger partial charge in [0.25, 0.3) is 0 Å². The van der Waals surface area contributed by atoms with Crippen molar-refractivity contribution < 1.29 is 0 Å². The molecule has 1 aliphatic rings. The average Bonchev–Trinajstić information content (AvgIpc) is 2.55. The van der Waals surface area contributed by atoms with E-state index in [1.54, 1.807) is 0 Å². The van der Waals surface area contributed by atoms with Crippen molar-refractivity contribution in [3.8, 4) is 0 Å². The largest absolute Gasteiger partial charge is 0.363 e. The molecular formula is C11H22N2. The van der Waals surface area contributed by atoms with Crippen LogP contribution in [-0.4, -0.2) is 24.3 Å². The zero-order valence-electron chi connectivity index (χ0n) is 9.14. The summed E-state index contributed by atoms with van der Waals surface area (Å²) in [6, 6.07) is 0. The number of hydrogen-bond acceptors (Lipinski definition) is 1. The lowest BCUT2D eigenvalue weighted by molar-refractivity contribution is 0.374. The fourth-order valence-corrected chi connectivity index (χ4v) is 2.12. The highest BCUT2D eigenvalue weighted by molar-refractivity contribution is 5.80. The van der Waals surface area contributed by atoms with Crippen LogP contribution in [-0.2, 0) is 0 Å². The van der Waals surface area contributed by atoms with Crippen molar-refractivity contribution in [2.24, 2.45) is 11.8 Å². The maximum absolute atomic E-state index is 7.84. The Bertz CT molecular complexity index is 169. The molecule has 2 nitrogen and oxygen atoms in total. The van der Waals surface area contributed by atoms with Crippen LogP contribution in [0.5, 0.6) is 0 Å². The van der Waals surface area contributed by atoms with Crippen LogP contribution in [0.4, 0.5) is 0 Å². The molecule has 1 aliphatic carbocycles. The van der Waals surface area contributed by atoms with Gasteiger partial charge in [-0.15, -0.1) is 0 Å². The molecule has 0 unspecified atom stereocenters. The molecule has 0 heterocycles. The van der Waals surface area contributed by atoms with Crippen molar-refractivity contribution in [2.75, 3.05) is 13.6 Å². The maximum Gasteiger partial charge on any atom is 0.0981 e. The fourth-order valence-electron chi connectivity index (χ4n) is 2.12. The summed E-state index contributed by atoms with van der Waals surface area (Å²) in [6.45, 7) is 5.28. The summed E-state index contributed by atoms with van der Waals surface area (Å²) in [5, 5.41) is 7.84.